The summed E-state index contributed by atoms with van der Waals surface area (Å²) in [6.45, 7) is 3.40. The topological polar surface area (TPSA) is 33.2 Å². The Morgan fingerprint density at radius 1 is 1.13 bits per heavy atom. The summed E-state index contributed by atoms with van der Waals surface area (Å²) in [4.78, 5) is 18.9. The smallest absolute Gasteiger partial charge is 0.233 e. The molecule has 0 bridgehead atoms. The van der Waals surface area contributed by atoms with E-state index in [9.17, 15) is 4.79 Å². The van der Waals surface area contributed by atoms with Gasteiger partial charge in [-0.25, -0.2) is 4.98 Å². The van der Waals surface area contributed by atoms with Gasteiger partial charge in [-0.1, -0.05) is 54.2 Å². The van der Waals surface area contributed by atoms with Crippen LogP contribution in [0.2, 0.25) is 0 Å². The molecular weight excluding hydrogens is 324 g/mol. The number of thioether (sulfide) groups is 1. The summed E-state index contributed by atoms with van der Waals surface area (Å²) < 4.78 is 2.12. The van der Waals surface area contributed by atoms with Gasteiger partial charge in [0.2, 0.25) is 5.91 Å². The second-order valence-electron chi connectivity index (χ2n) is 5.13. The summed E-state index contributed by atoms with van der Waals surface area (Å²) in [7, 11) is 0. The highest BCUT2D eigenvalue weighted by Crippen LogP contribution is 2.29. The quantitative estimate of drug-likeness (QED) is 0.621. The number of rotatable bonds is 6. The molecule has 0 aliphatic heterocycles. The summed E-state index contributed by atoms with van der Waals surface area (Å²) in [6.07, 6.45) is 0. The third kappa shape index (κ3) is 4.12. The Hall–Kier alpha value is -1.85. The zero-order valence-corrected chi connectivity index (χ0v) is 14.6. The predicted molar refractivity (Wildman–Crippen MR) is 97.9 cm³/mol. The van der Waals surface area contributed by atoms with E-state index in [4.69, 9.17) is 0 Å². The van der Waals surface area contributed by atoms with E-state index in [-0.39, 0.29) is 5.91 Å². The van der Waals surface area contributed by atoms with E-state index in [0.717, 1.165) is 15.4 Å². The van der Waals surface area contributed by atoms with E-state index in [1.54, 1.807) is 11.3 Å². The fourth-order valence-electron chi connectivity index (χ4n) is 2.31. The first-order chi connectivity index (χ1) is 11.3. The Morgan fingerprint density at radius 2 is 1.87 bits per heavy atom. The molecule has 23 heavy (non-hydrogen) atoms. The first kappa shape index (κ1) is 16.0. The summed E-state index contributed by atoms with van der Waals surface area (Å²) in [5.41, 5.74) is 2.16. The van der Waals surface area contributed by atoms with Crippen molar-refractivity contribution < 1.29 is 4.79 Å². The molecule has 3 nitrogen and oxygen atoms in total. The zero-order chi connectivity index (χ0) is 16.1. The number of aromatic nitrogens is 1. The maximum absolute atomic E-state index is 12.4. The Morgan fingerprint density at radius 3 is 2.61 bits per heavy atom. The molecule has 3 aromatic rings. The molecule has 0 N–H and O–H groups in total. The molecule has 0 spiro atoms. The maximum atomic E-state index is 12.4. The van der Waals surface area contributed by atoms with Crippen molar-refractivity contribution in [1.29, 1.82) is 0 Å². The van der Waals surface area contributed by atoms with E-state index >= 15 is 0 Å². The lowest BCUT2D eigenvalue weighted by atomic mass is 10.2. The van der Waals surface area contributed by atoms with Crippen molar-refractivity contribution in [3.63, 3.8) is 0 Å². The zero-order valence-electron chi connectivity index (χ0n) is 12.9. The molecular formula is C18H18N2OS2. The minimum Gasteiger partial charge on any atom is -0.338 e. The molecule has 0 saturated heterocycles. The molecule has 1 amide bonds. The normalized spacial score (nSPS) is 10.8. The van der Waals surface area contributed by atoms with E-state index in [2.05, 4.69) is 23.2 Å². The van der Waals surface area contributed by atoms with Gasteiger partial charge in [-0.15, -0.1) is 11.3 Å². The monoisotopic (exact) mass is 342 g/mol. The fraction of sp³-hybridized carbons (Fsp3) is 0.222. The van der Waals surface area contributed by atoms with Crippen LogP contribution in [0.25, 0.3) is 10.2 Å². The summed E-state index contributed by atoms with van der Waals surface area (Å²) in [5, 5.41) is 0. The van der Waals surface area contributed by atoms with Crippen LogP contribution in [0.15, 0.2) is 58.9 Å². The Bertz CT molecular complexity index is 753. The third-order valence-corrected chi connectivity index (χ3v) is 5.71. The summed E-state index contributed by atoms with van der Waals surface area (Å²) >= 11 is 3.17. The van der Waals surface area contributed by atoms with Gasteiger partial charge in [0.15, 0.2) is 4.34 Å². The first-order valence-electron chi connectivity index (χ1n) is 7.56. The summed E-state index contributed by atoms with van der Waals surface area (Å²) in [6, 6.07) is 18.2. The number of nitrogens with zero attached hydrogens (tertiary/aromatic N) is 2. The SMILES string of the molecule is CCN(Cc1ccccc1)C(=O)CSc1nc2ccccc2s1. The Labute approximate surface area is 144 Å². The molecule has 3 rings (SSSR count). The average Bonchev–Trinajstić information content (AvgIpc) is 3.01. The molecule has 5 heteroatoms. The van der Waals surface area contributed by atoms with Gasteiger partial charge < -0.3 is 4.90 Å². The van der Waals surface area contributed by atoms with Crippen molar-refractivity contribution in [3.05, 3.63) is 60.2 Å². The van der Waals surface area contributed by atoms with Crippen LogP contribution in [0.1, 0.15) is 12.5 Å². The number of amides is 1. The minimum atomic E-state index is 0.153. The lowest BCUT2D eigenvalue weighted by molar-refractivity contribution is -0.128. The highest BCUT2D eigenvalue weighted by molar-refractivity contribution is 8.01. The second kappa shape index (κ2) is 7.62. The van der Waals surface area contributed by atoms with Crippen molar-refractivity contribution in [2.24, 2.45) is 0 Å². The number of fused-ring (bicyclic) bond motifs is 1. The van der Waals surface area contributed by atoms with Crippen molar-refractivity contribution in [2.45, 2.75) is 17.8 Å². The van der Waals surface area contributed by atoms with Gasteiger partial charge in [-0.3, -0.25) is 4.79 Å². The third-order valence-electron chi connectivity index (χ3n) is 3.54. The highest BCUT2D eigenvalue weighted by Gasteiger charge is 2.14. The molecule has 0 fully saturated rings. The van der Waals surface area contributed by atoms with E-state index in [1.807, 2.05) is 48.2 Å². The number of carbonyl (C=O) groups is 1. The van der Waals surface area contributed by atoms with Crippen LogP contribution < -0.4 is 0 Å². The average molecular weight is 342 g/mol. The van der Waals surface area contributed by atoms with Gasteiger partial charge in [0.05, 0.1) is 16.0 Å². The van der Waals surface area contributed by atoms with Gasteiger partial charge in [-0.05, 0) is 24.6 Å². The lowest BCUT2D eigenvalue weighted by Gasteiger charge is -2.20. The molecule has 0 aliphatic rings. The minimum absolute atomic E-state index is 0.153. The molecule has 2 aromatic carbocycles. The first-order valence-corrected chi connectivity index (χ1v) is 9.36. The number of benzene rings is 2. The summed E-state index contributed by atoms with van der Waals surface area (Å²) in [5.74, 6) is 0.584. The molecule has 0 unspecified atom stereocenters. The van der Waals surface area contributed by atoms with Crippen LogP contribution in [0.3, 0.4) is 0 Å². The second-order valence-corrected chi connectivity index (χ2v) is 7.38. The lowest BCUT2D eigenvalue weighted by Crippen LogP contribution is -2.31. The molecule has 1 heterocycles. The number of hydrogen-bond donors (Lipinski definition) is 0. The van der Waals surface area contributed by atoms with Crippen LogP contribution in [0, 0.1) is 0 Å². The number of hydrogen-bond acceptors (Lipinski definition) is 4. The van der Waals surface area contributed by atoms with Crippen molar-refractivity contribution in [3.8, 4) is 0 Å². The van der Waals surface area contributed by atoms with Crippen molar-refractivity contribution >= 4 is 39.2 Å². The van der Waals surface area contributed by atoms with Crippen LogP contribution in [0.5, 0.6) is 0 Å². The van der Waals surface area contributed by atoms with Gasteiger partial charge in [0, 0.05) is 13.1 Å². The molecule has 0 radical (unpaired) electrons. The number of para-hydroxylation sites is 1. The predicted octanol–water partition coefficient (Wildman–Crippen LogP) is 4.44. The number of thiazole rings is 1. The van der Waals surface area contributed by atoms with Crippen LogP contribution in [-0.2, 0) is 11.3 Å². The Balaban J connectivity index is 1.60. The van der Waals surface area contributed by atoms with E-state index < -0.39 is 0 Å². The van der Waals surface area contributed by atoms with Crippen molar-refractivity contribution in [2.75, 3.05) is 12.3 Å². The van der Waals surface area contributed by atoms with Gasteiger partial charge in [0.1, 0.15) is 0 Å². The van der Waals surface area contributed by atoms with Gasteiger partial charge in [0.25, 0.3) is 0 Å². The van der Waals surface area contributed by atoms with E-state index in [1.165, 1.54) is 16.5 Å². The molecule has 0 saturated carbocycles. The molecule has 1 aromatic heterocycles. The standard InChI is InChI=1S/C18H18N2OS2/c1-2-20(12-14-8-4-3-5-9-14)17(21)13-22-18-19-15-10-6-7-11-16(15)23-18/h3-11H,2,12-13H2,1H3. The van der Waals surface area contributed by atoms with Gasteiger partial charge in [-0.2, -0.15) is 0 Å². The largest absolute Gasteiger partial charge is 0.338 e. The Kier molecular flexibility index (Phi) is 5.31. The number of carbonyl (C=O) groups excluding carboxylic acids is 1. The van der Waals surface area contributed by atoms with Crippen LogP contribution >= 0.6 is 23.1 Å². The van der Waals surface area contributed by atoms with Crippen LogP contribution in [-0.4, -0.2) is 28.1 Å². The highest BCUT2D eigenvalue weighted by atomic mass is 32.2. The molecule has 0 atom stereocenters. The molecule has 118 valence electrons. The van der Waals surface area contributed by atoms with E-state index in [0.29, 0.717) is 18.8 Å². The van der Waals surface area contributed by atoms with Crippen LogP contribution in [0.4, 0.5) is 0 Å². The van der Waals surface area contributed by atoms with Crippen molar-refractivity contribution in [1.82, 2.24) is 9.88 Å². The molecule has 0 aliphatic carbocycles. The van der Waals surface area contributed by atoms with Gasteiger partial charge >= 0.3 is 0 Å². The fourth-order valence-corrected chi connectivity index (χ4v) is 4.28. The maximum Gasteiger partial charge on any atom is 0.233 e.